The van der Waals surface area contributed by atoms with Gasteiger partial charge in [-0.2, -0.15) is 0 Å². The van der Waals surface area contributed by atoms with Crippen LogP contribution in [0.2, 0.25) is 5.04 Å². The van der Waals surface area contributed by atoms with Gasteiger partial charge in [-0.15, -0.1) is 0 Å². The Morgan fingerprint density at radius 3 is 2.20 bits per heavy atom. The fraction of sp³-hybridized carbons (Fsp3) is 0.345. The summed E-state index contributed by atoms with van der Waals surface area (Å²) in [6.07, 6.45) is 1.10. The van der Waals surface area contributed by atoms with E-state index in [1.165, 1.54) is 16.1 Å². The van der Waals surface area contributed by atoms with Gasteiger partial charge in [-0.1, -0.05) is 81.4 Å². The van der Waals surface area contributed by atoms with Crippen LogP contribution in [-0.2, 0) is 11.5 Å². The number of fused-ring (bicyclic) bond motifs is 1. The summed E-state index contributed by atoms with van der Waals surface area (Å²) in [6, 6.07) is 28.0. The normalized spacial score (nSPS) is 16.8. The quantitative estimate of drug-likeness (QED) is 0.415. The maximum Gasteiger partial charge on any atom is 0.326 e. The van der Waals surface area contributed by atoms with Crippen molar-refractivity contribution in [3.8, 4) is 0 Å². The molecule has 1 saturated heterocycles. The van der Waals surface area contributed by atoms with Gasteiger partial charge in [-0.25, -0.2) is 4.79 Å². The molecule has 5 nitrogen and oxygen atoms in total. The summed E-state index contributed by atoms with van der Waals surface area (Å²) in [7, 11) is -0.705. The van der Waals surface area contributed by atoms with E-state index in [4.69, 9.17) is 4.43 Å². The van der Waals surface area contributed by atoms with E-state index < -0.39 is 8.32 Å². The van der Waals surface area contributed by atoms with Gasteiger partial charge >= 0.3 is 5.69 Å². The highest BCUT2D eigenvalue weighted by Gasteiger charge is 2.50. The van der Waals surface area contributed by atoms with E-state index in [0.717, 1.165) is 37.2 Å². The number of rotatable bonds is 6. The molecule has 5 rings (SSSR count). The Hall–Kier alpha value is -3.09. The molecule has 1 aromatic heterocycles. The molecule has 1 atom stereocenters. The van der Waals surface area contributed by atoms with Gasteiger partial charge in [-0.3, -0.25) is 4.57 Å². The zero-order chi connectivity index (χ0) is 24.6. The van der Waals surface area contributed by atoms with Crippen LogP contribution in [0.25, 0.3) is 11.0 Å². The van der Waals surface area contributed by atoms with E-state index >= 15 is 0 Å². The van der Waals surface area contributed by atoms with Gasteiger partial charge in [0.05, 0.1) is 11.0 Å². The van der Waals surface area contributed by atoms with Crippen LogP contribution >= 0.6 is 0 Å². The highest BCUT2D eigenvalue weighted by atomic mass is 28.4. The lowest BCUT2D eigenvalue weighted by atomic mass is 10.1. The van der Waals surface area contributed by atoms with Crippen molar-refractivity contribution >= 4 is 35.4 Å². The minimum atomic E-state index is -2.52. The van der Waals surface area contributed by atoms with Gasteiger partial charge in [0, 0.05) is 38.3 Å². The summed E-state index contributed by atoms with van der Waals surface area (Å²) in [4.78, 5) is 17.3. The number of hydrogen-bond donors (Lipinski definition) is 1. The van der Waals surface area contributed by atoms with Crippen molar-refractivity contribution in [2.45, 2.75) is 32.2 Å². The summed E-state index contributed by atoms with van der Waals surface area (Å²) < 4.78 is 8.87. The molecule has 182 valence electrons. The average Bonchev–Trinajstić information content (AvgIpc) is 3.44. The lowest BCUT2D eigenvalue weighted by Crippen LogP contribution is -2.67. The summed E-state index contributed by atoms with van der Waals surface area (Å²) >= 11 is 0. The molecular formula is C29H35N3O2Si. The number of anilines is 1. The Bertz CT molecular complexity index is 1320. The maximum atomic E-state index is 12.0. The zero-order valence-electron chi connectivity index (χ0n) is 21.1. The predicted molar refractivity (Wildman–Crippen MR) is 147 cm³/mol. The monoisotopic (exact) mass is 485 g/mol. The first-order valence-electron chi connectivity index (χ1n) is 12.5. The Kier molecular flexibility index (Phi) is 6.19. The highest BCUT2D eigenvalue weighted by molar-refractivity contribution is 6.99. The zero-order valence-corrected chi connectivity index (χ0v) is 22.1. The molecule has 35 heavy (non-hydrogen) atoms. The molecule has 0 unspecified atom stereocenters. The predicted octanol–water partition coefficient (Wildman–Crippen LogP) is 4.27. The first kappa shape index (κ1) is 23.6. The lowest BCUT2D eigenvalue weighted by molar-refractivity contribution is 0.246. The number of aryl methyl sites for hydroxylation is 1. The van der Waals surface area contributed by atoms with Crippen LogP contribution in [0, 0.1) is 5.92 Å². The van der Waals surface area contributed by atoms with E-state index in [1.54, 1.807) is 4.57 Å². The van der Waals surface area contributed by atoms with Crippen LogP contribution in [0.3, 0.4) is 0 Å². The van der Waals surface area contributed by atoms with E-state index in [2.05, 4.69) is 103 Å². The molecule has 0 bridgehead atoms. The number of aromatic amines is 1. The van der Waals surface area contributed by atoms with Crippen LogP contribution < -0.4 is 21.0 Å². The smallest absolute Gasteiger partial charge is 0.326 e. The van der Waals surface area contributed by atoms with Crippen LogP contribution in [0.15, 0.2) is 83.7 Å². The topological polar surface area (TPSA) is 50.3 Å². The molecule has 2 heterocycles. The summed E-state index contributed by atoms with van der Waals surface area (Å²) in [5.41, 5.74) is 2.92. The van der Waals surface area contributed by atoms with Crippen LogP contribution in [0.1, 0.15) is 27.2 Å². The number of nitrogens with zero attached hydrogens (tertiary/aromatic N) is 2. The maximum absolute atomic E-state index is 12.0. The van der Waals surface area contributed by atoms with Crippen molar-refractivity contribution in [2.24, 2.45) is 13.0 Å². The van der Waals surface area contributed by atoms with E-state index in [-0.39, 0.29) is 10.7 Å². The van der Waals surface area contributed by atoms with Gasteiger partial charge in [0.15, 0.2) is 0 Å². The number of H-pyrrole nitrogens is 1. The molecule has 1 fully saturated rings. The second kappa shape index (κ2) is 9.17. The van der Waals surface area contributed by atoms with Gasteiger partial charge in [0.25, 0.3) is 8.32 Å². The van der Waals surface area contributed by atoms with E-state index in [9.17, 15) is 4.79 Å². The molecule has 3 aromatic carbocycles. The van der Waals surface area contributed by atoms with E-state index in [0.29, 0.717) is 5.92 Å². The third-order valence-corrected chi connectivity index (χ3v) is 12.5. The fourth-order valence-corrected chi connectivity index (χ4v) is 10.3. The summed E-state index contributed by atoms with van der Waals surface area (Å²) in [6.45, 7) is 9.69. The number of hydrogen-bond acceptors (Lipinski definition) is 3. The summed E-state index contributed by atoms with van der Waals surface area (Å²) in [5.74, 6) is 0.461. The summed E-state index contributed by atoms with van der Waals surface area (Å²) in [5, 5.41) is 2.64. The average molecular weight is 486 g/mol. The number of nitrogens with one attached hydrogen (secondary N) is 1. The Balaban J connectivity index is 1.40. The minimum Gasteiger partial charge on any atom is -0.407 e. The van der Waals surface area contributed by atoms with Crippen molar-refractivity contribution < 1.29 is 4.43 Å². The lowest BCUT2D eigenvalue weighted by Gasteiger charge is -2.43. The van der Waals surface area contributed by atoms with Crippen molar-refractivity contribution in [1.82, 2.24) is 9.55 Å². The largest absolute Gasteiger partial charge is 0.407 e. The van der Waals surface area contributed by atoms with E-state index in [1.807, 2.05) is 13.1 Å². The van der Waals surface area contributed by atoms with Gasteiger partial charge < -0.3 is 14.3 Å². The molecular weight excluding hydrogens is 450 g/mol. The first-order valence-corrected chi connectivity index (χ1v) is 14.4. The SMILES string of the molecule is Cn1c(=O)[nH]c2ccc(N3CC[C@@H](CO[Si](c4ccccc4)(c4ccccc4)C(C)(C)C)C3)cc21. The first-order chi connectivity index (χ1) is 16.8. The highest BCUT2D eigenvalue weighted by Crippen LogP contribution is 2.37. The molecule has 6 heteroatoms. The van der Waals surface area contributed by atoms with Crippen molar-refractivity contribution in [3.05, 3.63) is 89.3 Å². The van der Waals surface area contributed by atoms with Crippen LogP contribution in [0.4, 0.5) is 5.69 Å². The van der Waals surface area contributed by atoms with Gasteiger partial charge in [0.2, 0.25) is 0 Å². The second-order valence-corrected chi connectivity index (χ2v) is 15.1. The molecule has 0 radical (unpaired) electrons. The third kappa shape index (κ3) is 4.26. The Morgan fingerprint density at radius 1 is 0.971 bits per heavy atom. The van der Waals surface area contributed by atoms with Gasteiger partial charge in [-0.05, 0) is 40.0 Å². The van der Waals surface area contributed by atoms with Gasteiger partial charge in [0.1, 0.15) is 0 Å². The third-order valence-electron chi connectivity index (χ3n) is 7.49. The fourth-order valence-electron chi connectivity index (χ4n) is 5.62. The molecule has 1 aliphatic rings. The van der Waals surface area contributed by atoms with Crippen LogP contribution in [-0.4, -0.2) is 37.6 Å². The molecule has 0 amide bonds. The number of imidazole rings is 1. The standard InChI is InChI=1S/C29H35N3O2Si/c1-29(2,3)35(24-11-7-5-8-12-24,25-13-9-6-10-14-25)34-21-22-17-18-32(20-22)23-15-16-26-27(19-23)31(4)28(33)30-26/h5-16,19,22H,17-18,20-21H2,1-4H3,(H,30,33)/t22-/m1/s1. The molecule has 0 aliphatic carbocycles. The Labute approximate surface area is 208 Å². The number of benzene rings is 3. The van der Waals surface area contributed by atoms with Crippen molar-refractivity contribution in [2.75, 3.05) is 24.6 Å². The second-order valence-electron chi connectivity index (χ2n) is 10.8. The molecule has 1 N–H and O–H groups in total. The van der Waals surface area contributed by atoms with Crippen molar-refractivity contribution in [3.63, 3.8) is 0 Å². The Morgan fingerprint density at radius 2 is 1.60 bits per heavy atom. The molecule has 4 aromatic rings. The number of aromatic nitrogens is 2. The minimum absolute atomic E-state index is 0.0158. The molecule has 1 aliphatic heterocycles. The van der Waals surface area contributed by atoms with Crippen LogP contribution in [0.5, 0.6) is 0 Å². The molecule has 0 spiro atoms. The van der Waals surface area contributed by atoms with Crippen molar-refractivity contribution in [1.29, 1.82) is 0 Å². The molecule has 0 saturated carbocycles.